The molecule has 0 N–H and O–H groups in total. The molecule has 0 fully saturated rings. The molecule has 7 heteroatoms. The van der Waals surface area contributed by atoms with Gasteiger partial charge in [-0.2, -0.15) is 0 Å². The number of halogens is 1. The second kappa shape index (κ2) is 5.62. The maximum absolute atomic E-state index is 11.6. The van der Waals surface area contributed by atoms with Crippen molar-refractivity contribution in [3.63, 3.8) is 0 Å². The summed E-state index contributed by atoms with van der Waals surface area (Å²) in [5, 5.41) is 0.400. The summed E-state index contributed by atoms with van der Waals surface area (Å²) < 4.78 is 6.29. The SMILES string of the molecule is COC(=O)c1nccc(Cl)c1Cn1cnc(C=O)c1. The molecule has 0 bridgehead atoms. The monoisotopic (exact) mass is 279 g/mol. The van der Waals surface area contributed by atoms with Crippen LogP contribution in [0.3, 0.4) is 0 Å². The topological polar surface area (TPSA) is 74.1 Å². The van der Waals surface area contributed by atoms with Crippen LogP contribution < -0.4 is 0 Å². The van der Waals surface area contributed by atoms with Gasteiger partial charge >= 0.3 is 5.97 Å². The fraction of sp³-hybridized carbons (Fsp3) is 0.167. The lowest BCUT2D eigenvalue weighted by molar-refractivity contribution is 0.0592. The van der Waals surface area contributed by atoms with E-state index in [0.29, 0.717) is 22.6 Å². The van der Waals surface area contributed by atoms with E-state index in [9.17, 15) is 9.59 Å². The predicted molar refractivity (Wildman–Crippen MR) is 67.3 cm³/mol. The molecule has 0 aliphatic heterocycles. The number of carbonyl (C=O) groups excluding carboxylic acids is 2. The minimum absolute atomic E-state index is 0.149. The van der Waals surface area contributed by atoms with Gasteiger partial charge in [-0.3, -0.25) is 4.79 Å². The lowest BCUT2D eigenvalue weighted by Gasteiger charge is -2.09. The van der Waals surface area contributed by atoms with Crippen molar-refractivity contribution in [2.24, 2.45) is 0 Å². The van der Waals surface area contributed by atoms with Crippen molar-refractivity contribution in [3.05, 3.63) is 46.8 Å². The third kappa shape index (κ3) is 2.79. The third-order valence-electron chi connectivity index (χ3n) is 2.49. The van der Waals surface area contributed by atoms with Gasteiger partial charge in [-0.1, -0.05) is 11.6 Å². The number of aldehydes is 1. The molecule has 0 aliphatic carbocycles. The van der Waals surface area contributed by atoms with E-state index in [1.54, 1.807) is 16.8 Å². The molecule has 0 atom stereocenters. The molecule has 0 unspecified atom stereocenters. The van der Waals surface area contributed by atoms with Crippen LogP contribution in [0.15, 0.2) is 24.8 Å². The van der Waals surface area contributed by atoms with E-state index >= 15 is 0 Å². The van der Waals surface area contributed by atoms with Crippen LogP contribution in [0, 0.1) is 0 Å². The summed E-state index contributed by atoms with van der Waals surface area (Å²) in [4.78, 5) is 30.0. The van der Waals surface area contributed by atoms with Crippen LogP contribution >= 0.6 is 11.6 Å². The number of imidazole rings is 1. The number of aromatic nitrogens is 3. The maximum atomic E-state index is 11.6. The first kappa shape index (κ1) is 13.2. The minimum Gasteiger partial charge on any atom is -0.464 e. The molecule has 2 rings (SSSR count). The highest BCUT2D eigenvalue weighted by molar-refractivity contribution is 6.31. The van der Waals surface area contributed by atoms with Crippen molar-refractivity contribution in [1.29, 1.82) is 0 Å². The van der Waals surface area contributed by atoms with E-state index in [2.05, 4.69) is 14.7 Å². The van der Waals surface area contributed by atoms with Gasteiger partial charge in [-0.25, -0.2) is 14.8 Å². The molecule has 0 aromatic carbocycles. The summed E-state index contributed by atoms with van der Waals surface area (Å²) in [5.41, 5.74) is 0.974. The molecule has 6 nitrogen and oxygen atoms in total. The Balaban J connectivity index is 2.38. The number of nitrogens with zero attached hydrogens (tertiary/aromatic N) is 3. The summed E-state index contributed by atoms with van der Waals surface area (Å²) in [5.74, 6) is -0.562. The Morgan fingerprint density at radius 2 is 2.32 bits per heavy atom. The van der Waals surface area contributed by atoms with Gasteiger partial charge in [0.25, 0.3) is 0 Å². The summed E-state index contributed by atoms with van der Waals surface area (Å²) in [6.07, 6.45) is 5.11. The van der Waals surface area contributed by atoms with Gasteiger partial charge in [0.05, 0.1) is 20.0 Å². The fourth-order valence-corrected chi connectivity index (χ4v) is 1.80. The molecule has 2 aromatic heterocycles. The highest BCUT2D eigenvalue weighted by Crippen LogP contribution is 2.20. The summed E-state index contributed by atoms with van der Waals surface area (Å²) in [6, 6.07) is 1.58. The number of hydrogen-bond donors (Lipinski definition) is 0. The Labute approximate surface area is 114 Å². The summed E-state index contributed by atoms with van der Waals surface area (Å²) in [6.45, 7) is 0.276. The van der Waals surface area contributed by atoms with Crippen LogP contribution in [-0.2, 0) is 11.3 Å². The molecular formula is C12H10ClN3O3. The van der Waals surface area contributed by atoms with E-state index in [-0.39, 0.29) is 12.2 Å². The molecule has 2 heterocycles. The number of pyridine rings is 1. The Bertz CT molecular complexity index is 624. The smallest absolute Gasteiger partial charge is 0.357 e. The van der Waals surface area contributed by atoms with E-state index in [1.165, 1.54) is 19.6 Å². The van der Waals surface area contributed by atoms with Gasteiger partial charge in [-0.15, -0.1) is 0 Å². The van der Waals surface area contributed by atoms with Gasteiger partial charge in [-0.05, 0) is 6.07 Å². The zero-order valence-electron chi connectivity index (χ0n) is 10.0. The quantitative estimate of drug-likeness (QED) is 0.627. The zero-order chi connectivity index (χ0) is 13.8. The molecule has 2 aromatic rings. The normalized spacial score (nSPS) is 10.2. The molecule has 19 heavy (non-hydrogen) atoms. The maximum Gasteiger partial charge on any atom is 0.357 e. The van der Waals surface area contributed by atoms with Crippen molar-refractivity contribution in [2.75, 3.05) is 7.11 Å². The van der Waals surface area contributed by atoms with E-state index in [4.69, 9.17) is 11.6 Å². The number of hydrogen-bond acceptors (Lipinski definition) is 5. The molecule has 0 saturated heterocycles. The Morgan fingerprint density at radius 3 is 2.95 bits per heavy atom. The fourth-order valence-electron chi connectivity index (χ4n) is 1.60. The molecular weight excluding hydrogens is 270 g/mol. The lowest BCUT2D eigenvalue weighted by Crippen LogP contribution is -2.11. The van der Waals surface area contributed by atoms with Crippen molar-refractivity contribution in [1.82, 2.24) is 14.5 Å². The molecule has 0 spiro atoms. The lowest BCUT2D eigenvalue weighted by atomic mass is 10.2. The standard InChI is InChI=1S/C12H10ClN3O3/c1-19-12(18)11-9(10(13)2-3-14-11)5-16-4-8(6-17)15-7-16/h2-4,6-7H,5H2,1H3. The highest BCUT2D eigenvalue weighted by atomic mass is 35.5. The number of esters is 1. The Kier molecular flexibility index (Phi) is 3.91. The third-order valence-corrected chi connectivity index (χ3v) is 2.85. The zero-order valence-corrected chi connectivity index (χ0v) is 10.8. The van der Waals surface area contributed by atoms with E-state index < -0.39 is 5.97 Å². The molecule has 98 valence electrons. The summed E-state index contributed by atoms with van der Waals surface area (Å²) >= 11 is 6.07. The van der Waals surface area contributed by atoms with Gasteiger partial charge in [0.1, 0.15) is 5.69 Å². The second-order valence-electron chi connectivity index (χ2n) is 3.70. The molecule has 0 amide bonds. The first-order valence-electron chi connectivity index (χ1n) is 5.34. The first-order valence-corrected chi connectivity index (χ1v) is 5.72. The van der Waals surface area contributed by atoms with Gasteiger partial charge in [0.15, 0.2) is 12.0 Å². The van der Waals surface area contributed by atoms with Crippen LogP contribution in [-0.4, -0.2) is 33.9 Å². The molecule has 0 saturated carbocycles. The van der Waals surface area contributed by atoms with Crippen molar-refractivity contribution in [2.45, 2.75) is 6.54 Å². The Morgan fingerprint density at radius 1 is 1.53 bits per heavy atom. The minimum atomic E-state index is -0.562. The van der Waals surface area contributed by atoms with E-state index in [1.807, 2.05) is 0 Å². The molecule has 0 radical (unpaired) electrons. The van der Waals surface area contributed by atoms with Crippen LogP contribution in [0.25, 0.3) is 0 Å². The number of rotatable bonds is 4. The van der Waals surface area contributed by atoms with Crippen molar-refractivity contribution >= 4 is 23.9 Å². The van der Waals surface area contributed by atoms with Crippen LogP contribution in [0.2, 0.25) is 5.02 Å². The van der Waals surface area contributed by atoms with Gasteiger partial charge < -0.3 is 9.30 Å². The van der Waals surface area contributed by atoms with Gasteiger partial charge in [0, 0.05) is 23.0 Å². The van der Waals surface area contributed by atoms with Crippen LogP contribution in [0.1, 0.15) is 26.5 Å². The van der Waals surface area contributed by atoms with Gasteiger partial charge in [0.2, 0.25) is 0 Å². The van der Waals surface area contributed by atoms with Crippen molar-refractivity contribution in [3.8, 4) is 0 Å². The van der Waals surface area contributed by atoms with E-state index in [0.717, 1.165) is 0 Å². The number of methoxy groups -OCH3 is 1. The first-order chi connectivity index (χ1) is 9.15. The number of ether oxygens (including phenoxy) is 1. The average molecular weight is 280 g/mol. The summed E-state index contributed by atoms with van der Waals surface area (Å²) in [7, 11) is 1.27. The second-order valence-corrected chi connectivity index (χ2v) is 4.11. The van der Waals surface area contributed by atoms with Crippen LogP contribution in [0.5, 0.6) is 0 Å². The Hall–Kier alpha value is -2.21. The van der Waals surface area contributed by atoms with Crippen molar-refractivity contribution < 1.29 is 14.3 Å². The highest BCUT2D eigenvalue weighted by Gasteiger charge is 2.16. The molecule has 0 aliphatic rings. The average Bonchev–Trinajstić information content (AvgIpc) is 2.88. The number of carbonyl (C=O) groups is 2. The largest absolute Gasteiger partial charge is 0.464 e. The van der Waals surface area contributed by atoms with Crippen LogP contribution in [0.4, 0.5) is 0 Å². The predicted octanol–water partition coefficient (Wildman–Crippen LogP) is 1.58.